The maximum Gasteiger partial charge on any atom is 0.241 e. The Kier molecular flexibility index (Phi) is 6.97. The zero-order valence-electron chi connectivity index (χ0n) is 15.6. The number of nitrogens with zero attached hydrogens (tertiary/aromatic N) is 1. The smallest absolute Gasteiger partial charge is 0.241 e. The van der Waals surface area contributed by atoms with Gasteiger partial charge in [-0.1, -0.05) is 12.1 Å². The van der Waals surface area contributed by atoms with Gasteiger partial charge in [0.15, 0.2) is 11.5 Å². The first-order valence-corrected chi connectivity index (χ1v) is 8.51. The molecule has 0 aliphatic rings. The van der Waals surface area contributed by atoms with Crippen LogP contribution in [0, 0.1) is 5.82 Å². The van der Waals surface area contributed by atoms with Gasteiger partial charge in [-0.15, -0.1) is 0 Å². The zero-order chi connectivity index (χ0) is 19.1. The molecule has 2 rings (SSSR count). The number of ether oxygens (including phenoxy) is 2. The summed E-state index contributed by atoms with van der Waals surface area (Å²) in [4.78, 5) is 14.3. The Bertz CT molecular complexity index is 752. The minimum absolute atomic E-state index is 0.198. The van der Waals surface area contributed by atoms with E-state index in [-0.39, 0.29) is 11.7 Å². The number of carbonyl (C=O) groups is 1. The van der Waals surface area contributed by atoms with Crippen LogP contribution in [-0.4, -0.2) is 37.6 Å². The molecule has 0 unspecified atom stereocenters. The van der Waals surface area contributed by atoms with E-state index in [9.17, 15) is 9.18 Å². The summed E-state index contributed by atoms with van der Waals surface area (Å²) in [5.74, 6) is 0.772. The number of anilines is 1. The number of methoxy groups -OCH3 is 1. The highest BCUT2D eigenvalue weighted by Crippen LogP contribution is 2.28. The lowest BCUT2D eigenvalue weighted by Gasteiger charge is -2.24. The molecule has 26 heavy (non-hydrogen) atoms. The monoisotopic (exact) mass is 360 g/mol. The highest BCUT2D eigenvalue weighted by atomic mass is 19.1. The highest BCUT2D eigenvalue weighted by molar-refractivity contribution is 5.94. The molecule has 1 N–H and O–H groups in total. The van der Waals surface area contributed by atoms with E-state index in [1.54, 1.807) is 26.2 Å². The lowest BCUT2D eigenvalue weighted by atomic mass is 10.1. The molecule has 0 saturated carbocycles. The molecule has 1 atom stereocenters. The van der Waals surface area contributed by atoms with Crippen LogP contribution >= 0.6 is 0 Å². The highest BCUT2D eigenvalue weighted by Gasteiger charge is 2.19. The first-order valence-electron chi connectivity index (χ1n) is 8.51. The Morgan fingerprint density at radius 2 is 2.00 bits per heavy atom. The van der Waals surface area contributed by atoms with Crippen LogP contribution in [-0.2, 0) is 11.3 Å². The van der Waals surface area contributed by atoms with E-state index in [1.807, 2.05) is 37.1 Å². The van der Waals surface area contributed by atoms with Crippen molar-refractivity contribution < 1.29 is 18.7 Å². The van der Waals surface area contributed by atoms with E-state index >= 15 is 0 Å². The van der Waals surface area contributed by atoms with E-state index in [1.165, 1.54) is 12.1 Å². The molecule has 0 radical (unpaired) electrons. The molecular formula is C20H25FN2O3. The molecule has 0 heterocycles. The lowest BCUT2D eigenvalue weighted by Crippen LogP contribution is -2.39. The molecule has 1 amide bonds. The fourth-order valence-corrected chi connectivity index (χ4v) is 2.52. The van der Waals surface area contributed by atoms with Gasteiger partial charge in [0, 0.05) is 12.2 Å². The number of carbonyl (C=O) groups excluding carboxylic acids is 1. The van der Waals surface area contributed by atoms with Crippen LogP contribution in [0.2, 0.25) is 0 Å². The summed E-state index contributed by atoms with van der Waals surface area (Å²) in [6.07, 6.45) is 0. The molecule has 5 nitrogen and oxygen atoms in total. The van der Waals surface area contributed by atoms with E-state index < -0.39 is 6.04 Å². The fourth-order valence-electron chi connectivity index (χ4n) is 2.52. The third-order valence-electron chi connectivity index (χ3n) is 4.09. The van der Waals surface area contributed by atoms with Gasteiger partial charge in [0.2, 0.25) is 5.91 Å². The number of amides is 1. The Morgan fingerprint density at radius 3 is 2.65 bits per heavy atom. The molecule has 0 aliphatic heterocycles. The van der Waals surface area contributed by atoms with Crippen LogP contribution in [0.3, 0.4) is 0 Å². The summed E-state index contributed by atoms with van der Waals surface area (Å²) in [5.41, 5.74) is 1.44. The van der Waals surface area contributed by atoms with E-state index in [0.29, 0.717) is 30.3 Å². The van der Waals surface area contributed by atoms with Gasteiger partial charge in [0.1, 0.15) is 5.82 Å². The third kappa shape index (κ3) is 5.20. The maximum atomic E-state index is 13.2. The van der Waals surface area contributed by atoms with Gasteiger partial charge in [-0.3, -0.25) is 9.69 Å². The van der Waals surface area contributed by atoms with Crippen molar-refractivity contribution >= 4 is 11.6 Å². The molecule has 0 bridgehead atoms. The number of hydrogen-bond acceptors (Lipinski definition) is 4. The second-order valence-electron chi connectivity index (χ2n) is 6.01. The number of nitrogens with one attached hydrogen (secondary N) is 1. The molecular weight excluding hydrogens is 335 g/mol. The van der Waals surface area contributed by atoms with Gasteiger partial charge in [-0.05, 0) is 56.8 Å². The number of halogens is 1. The largest absolute Gasteiger partial charge is 0.493 e. The van der Waals surface area contributed by atoms with Crippen molar-refractivity contribution in [3.8, 4) is 11.5 Å². The predicted octanol–water partition coefficient (Wildman–Crippen LogP) is 3.69. The Hall–Kier alpha value is -2.60. The van der Waals surface area contributed by atoms with Crippen molar-refractivity contribution in [2.45, 2.75) is 26.4 Å². The molecule has 140 valence electrons. The van der Waals surface area contributed by atoms with Gasteiger partial charge in [-0.2, -0.15) is 0 Å². The van der Waals surface area contributed by atoms with Crippen LogP contribution in [0.1, 0.15) is 19.4 Å². The summed E-state index contributed by atoms with van der Waals surface area (Å²) < 4.78 is 24.1. The number of benzene rings is 2. The second-order valence-corrected chi connectivity index (χ2v) is 6.01. The zero-order valence-corrected chi connectivity index (χ0v) is 15.6. The maximum absolute atomic E-state index is 13.2. The average molecular weight is 360 g/mol. The first-order chi connectivity index (χ1) is 12.4. The minimum Gasteiger partial charge on any atom is -0.493 e. The van der Waals surface area contributed by atoms with Crippen molar-refractivity contribution in [1.29, 1.82) is 0 Å². The molecule has 2 aromatic rings. The molecule has 0 aromatic heterocycles. The van der Waals surface area contributed by atoms with Crippen LogP contribution in [0.25, 0.3) is 0 Å². The lowest BCUT2D eigenvalue weighted by molar-refractivity contribution is -0.120. The van der Waals surface area contributed by atoms with Crippen LogP contribution in [0.4, 0.5) is 10.1 Å². The number of likely N-dealkylation sites (N-methyl/N-ethyl adjacent to an activating group) is 1. The minimum atomic E-state index is -0.393. The summed E-state index contributed by atoms with van der Waals surface area (Å²) in [6.45, 7) is 4.84. The molecule has 0 aliphatic carbocycles. The number of rotatable bonds is 8. The summed E-state index contributed by atoms with van der Waals surface area (Å²) in [5, 5.41) is 2.73. The van der Waals surface area contributed by atoms with Crippen LogP contribution < -0.4 is 14.8 Å². The van der Waals surface area contributed by atoms with Gasteiger partial charge in [0.25, 0.3) is 0 Å². The quantitative estimate of drug-likeness (QED) is 0.780. The normalized spacial score (nSPS) is 11.9. The van der Waals surface area contributed by atoms with E-state index in [2.05, 4.69) is 5.32 Å². The van der Waals surface area contributed by atoms with Gasteiger partial charge in [0.05, 0.1) is 19.8 Å². The summed E-state index contributed by atoms with van der Waals surface area (Å²) in [6, 6.07) is 11.2. The van der Waals surface area contributed by atoms with Crippen molar-refractivity contribution in [2.24, 2.45) is 0 Å². The molecule has 2 aromatic carbocycles. The molecule has 0 saturated heterocycles. The number of hydrogen-bond donors (Lipinski definition) is 1. The van der Waals surface area contributed by atoms with Crippen LogP contribution in [0.5, 0.6) is 11.5 Å². The van der Waals surface area contributed by atoms with Crippen molar-refractivity contribution in [3.63, 3.8) is 0 Å². The van der Waals surface area contributed by atoms with E-state index in [4.69, 9.17) is 9.47 Å². The van der Waals surface area contributed by atoms with Crippen molar-refractivity contribution in [3.05, 3.63) is 53.8 Å². The Morgan fingerprint density at radius 1 is 1.23 bits per heavy atom. The topological polar surface area (TPSA) is 50.8 Å². The average Bonchev–Trinajstić information content (AvgIpc) is 2.62. The van der Waals surface area contributed by atoms with Crippen LogP contribution in [0.15, 0.2) is 42.5 Å². The Labute approximate surface area is 153 Å². The summed E-state index contributed by atoms with van der Waals surface area (Å²) >= 11 is 0. The summed E-state index contributed by atoms with van der Waals surface area (Å²) in [7, 11) is 3.46. The second kappa shape index (κ2) is 9.20. The predicted molar refractivity (Wildman–Crippen MR) is 100 cm³/mol. The van der Waals surface area contributed by atoms with Gasteiger partial charge >= 0.3 is 0 Å². The Balaban J connectivity index is 2.01. The SMILES string of the molecule is CCOc1ccc(CN(C)[C@@H](C)C(=O)Nc2cccc(F)c2)cc1OC. The van der Waals surface area contributed by atoms with Gasteiger partial charge in [-0.25, -0.2) is 4.39 Å². The molecule has 6 heteroatoms. The van der Waals surface area contributed by atoms with Gasteiger partial charge < -0.3 is 14.8 Å². The molecule has 0 spiro atoms. The van der Waals surface area contributed by atoms with Crippen molar-refractivity contribution in [2.75, 3.05) is 26.1 Å². The van der Waals surface area contributed by atoms with Crippen molar-refractivity contribution in [1.82, 2.24) is 4.90 Å². The first kappa shape index (κ1) is 19.7. The molecule has 0 fully saturated rings. The van der Waals surface area contributed by atoms with E-state index in [0.717, 1.165) is 5.56 Å². The standard InChI is InChI=1S/C20H25FN2O3/c1-5-26-18-10-9-15(11-19(18)25-4)13-23(3)14(2)20(24)22-17-8-6-7-16(21)12-17/h6-12,14H,5,13H2,1-4H3,(H,22,24)/t14-/m0/s1. The fraction of sp³-hybridized carbons (Fsp3) is 0.350. The third-order valence-corrected chi connectivity index (χ3v) is 4.09.